The van der Waals surface area contributed by atoms with Gasteiger partial charge in [-0.05, 0) is 0 Å². The molecule has 1 heterocycles. The minimum atomic E-state index is -1.50. The molecule has 0 N–H and O–H groups in total. The van der Waals surface area contributed by atoms with Gasteiger partial charge in [-0.3, -0.25) is 0 Å². The Bertz CT molecular complexity index is 1650. The zero-order valence-electron chi connectivity index (χ0n) is 25.2. The Morgan fingerprint density at radius 2 is 0.957 bits per heavy atom. The summed E-state index contributed by atoms with van der Waals surface area (Å²) in [6.07, 6.45) is -6.87. The van der Waals surface area contributed by atoms with Gasteiger partial charge in [-0.25, -0.2) is 0 Å². The number of benzene rings is 4. The molecule has 1 aliphatic heterocycles. The van der Waals surface area contributed by atoms with Gasteiger partial charge in [-0.2, -0.15) is 0 Å². The molecule has 5 rings (SSSR count). The van der Waals surface area contributed by atoms with Crippen LogP contribution in [0.15, 0.2) is 121 Å². The van der Waals surface area contributed by atoms with Crippen molar-refractivity contribution in [1.82, 2.24) is 0 Å². The number of hydrogen-bond acceptors (Lipinski definition) is 10. The van der Waals surface area contributed by atoms with Gasteiger partial charge in [-0.15, -0.1) is 0 Å². The summed E-state index contributed by atoms with van der Waals surface area (Å²) < 4.78 is 35.5. The second-order valence-electron chi connectivity index (χ2n) is 10.3. The quantitative estimate of drug-likeness (QED) is 0.129. The van der Waals surface area contributed by atoms with Gasteiger partial charge in [0.2, 0.25) is 0 Å². The predicted molar refractivity (Wildman–Crippen MR) is 171 cm³/mol. The van der Waals surface area contributed by atoms with Gasteiger partial charge < -0.3 is 0 Å². The minimum absolute atomic E-state index is 0.0696. The molecule has 1 saturated heterocycles. The first-order chi connectivity index (χ1) is 22.9. The number of hydrogen-bond donors (Lipinski definition) is 0. The molecule has 238 valence electrons. The number of ether oxygens (including phenoxy) is 6. The summed E-state index contributed by atoms with van der Waals surface area (Å²) in [7, 11) is 3.69. The molecule has 5 unspecified atom stereocenters. The molecule has 0 aliphatic carbocycles. The average molecular weight is 634 g/mol. The number of carbonyl (C=O) groups is 4. The summed E-state index contributed by atoms with van der Waals surface area (Å²) in [5.74, 6) is -1.51. The molecule has 47 heavy (non-hydrogen) atoms. The number of esters is 4. The number of rotatable bonds is 12. The fourth-order valence-electron chi connectivity index (χ4n) is 4.83. The van der Waals surface area contributed by atoms with Crippen molar-refractivity contribution in [3.63, 3.8) is 0 Å². The summed E-state index contributed by atoms with van der Waals surface area (Å²) in [4.78, 5) is 53.1. The van der Waals surface area contributed by atoms with E-state index in [0.717, 1.165) is 0 Å². The van der Waals surface area contributed by atoms with Crippen LogP contribution in [0.4, 0.5) is 0 Å². The van der Waals surface area contributed by atoms with Gasteiger partial charge >= 0.3 is 254 Å². The second-order valence-corrected chi connectivity index (χ2v) is 10.3. The van der Waals surface area contributed by atoms with E-state index >= 15 is 0 Å². The van der Waals surface area contributed by atoms with Crippen LogP contribution in [0.25, 0.3) is 0 Å². The van der Waals surface area contributed by atoms with Crippen molar-refractivity contribution in [2.45, 2.75) is 30.7 Å². The maximum atomic E-state index is 13.5. The van der Waals surface area contributed by atoms with Gasteiger partial charge in [0, 0.05) is 0 Å². The van der Waals surface area contributed by atoms with Gasteiger partial charge in [0.15, 0.2) is 0 Å². The standard InChI is InChI=1S/C36H31BO10/c37-21-22-42-31-30(46-34(40)26-17-9-3-10-18-26)29(45-33(39)25-15-7-2-8-16-25)28(23-43-32(38)24-13-5-1-6-14-24)44-36(31)47-35(41)27-19-11-4-12-20-27/h1-21,28-31,36-37H,22-23H2. The van der Waals surface area contributed by atoms with Crippen LogP contribution < -0.4 is 0 Å². The van der Waals surface area contributed by atoms with Crippen molar-refractivity contribution in [2.24, 2.45) is 0 Å². The molecular weight excluding hydrogens is 603 g/mol. The van der Waals surface area contributed by atoms with Crippen LogP contribution in [-0.4, -0.2) is 81.3 Å². The first-order valence-electron chi connectivity index (χ1n) is 14.8. The first-order valence-corrected chi connectivity index (χ1v) is 14.8. The molecular formula is C36H31BO10. The Morgan fingerprint density at radius 3 is 1.40 bits per heavy atom. The van der Waals surface area contributed by atoms with Crippen LogP contribution in [0.5, 0.6) is 0 Å². The van der Waals surface area contributed by atoms with E-state index in [9.17, 15) is 19.2 Å². The number of carbonyl (C=O) groups excluding carboxylic acids is 4. The van der Waals surface area contributed by atoms with Gasteiger partial charge in [0.1, 0.15) is 0 Å². The summed E-state index contributed by atoms with van der Waals surface area (Å²) >= 11 is 0. The Labute approximate surface area is 272 Å². The third-order valence-corrected chi connectivity index (χ3v) is 7.12. The van der Waals surface area contributed by atoms with Crippen molar-refractivity contribution >= 4 is 37.3 Å². The fourth-order valence-corrected chi connectivity index (χ4v) is 4.83. The summed E-state index contributed by atoms with van der Waals surface area (Å²) in [5, 5.41) is 0. The molecule has 4 aromatic carbocycles. The molecule has 0 radical (unpaired) electrons. The zero-order chi connectivity index (χ0) is 33.0. The van der Waals surface area contributed by atoms with Crippen molar-refractivity contribution in [3.05, 3.63) is 144 Å². The predicted octanol–water partition coefficient (Wildman–Crippen LogP) is 3.96. The Hall–Kier alpha value is -5.39. The molecule has 0 aromatic heterocycles. The molecule has 0 bridgehead atoms. The first kappa shape index (κ1) is 33.0. The second kappa shape index (κ2) is 16.3. The summed E-state index contributed by atoms with van der Waals surface area (Å²) in [5.41, 5.74) is 0.912. The molecule has 5 atom stereocenters. The topological polar surface area (TPSA) is 124 Å². The van der Waals surface area contributed by atoms with Crippen LogP contribution >= 0.6 is 0 Å². The van der Waals surface area contributed by atoms with Gasteiger partial charge in [0.05, 0.1) is 0 Å². The summed E-state index contributed by atoms with van der Waals surface area (Å²) in [6, 6.07) is 32.8. The monoisotopic (exact) mass is 634 g/mol. The van der Waals surface area contributed by atoms with E-state index in [-0.39, 0.29) is 28.9 Å². The zero-order valence-corrected chi connectivity index (χ0v) is 25.2. The van der Waals surface area contributed by atoms with E-state index in [0.29, 0.717) is 0 Å². The van der Waals surface area contributed by atoms with Gasteiger partial charge in [-0.1, -0.05) is 18.2 Å². The maximum absolute atomic E-state index is 13.5. The van der Waals surface area contributed by atoms with Gasteiger partial charge in [0.25, 0.3) is 0 Å². The SMILES string of the molecule is B=CCOC1C(OC(=O)c2ccccc2)OC(COC(=O)c2ccccc2)C(OC(=O)c2ccccc2)C1OC(=O)c1ccccc1. The van der Waals surface area contributed by atoms with E-state index in [4.69, 9.17) is 28.4 Å². The molecule has 11 heteroatoms. The van der Waals surface area contributed by atoms with E-state index in [1.807, 2.05) is 0 Å². The van der Waals surface area contributed by atoms with Crippen molar-refractivity contribution in [2.75, 3.05) is 13.2 Å². The molecule has 1 fully saturated rings. The van der Waals surface area contributed by atoms with Crippen LogP contribution in [0.1, 0.15) is 41.4 Å². The van der Waals surface area contributed by atoms with Crippen LogP contribution in [0, 0.1) is 0 Å². The van der Waals surface area contributed by atoms with E-state index < -0.39 is 61.2 Å². The van der Waals surface area contributed by atoms with Crippen LogP contribution in [-0.2, 0) is 28.4 Å². The fraction of sp³-hybridized carbons (Fsp3) is 0.194. The third-order valence-electron chi connectivity index (χ3n) is 7.12. The molecule has 4 aromatic rings. The summed E-state index contributed by atoms with van der Waals surface area (Å²) in [6.45, 7) is -0.534. The van der Waals surface area contributed by atoms with Crippen LogP contribution in [0.2, 0.25) is 0 Å². The Balaban J connectivity index is 1.52. The van der Waals surface area contributed by atoms with E-state index in [1.165, 1.54) is 5.97 Å². The normalized spacial score (nSPS) is 20.3. The molecule has 1 aliphatic rings. The Morgan fingerprint density at radius 1 is 0.553 bits per heavy atom. The van der Waals surface area contributed by atoms with E-state index in [2.05, 4.69) is 7.49 Å². The van der Waals surface area contributed by atoms with Crippen molar-refractivity contribution in [3.8, 4) is 0 Å². The van der Waals surface area contributed by atoms with Crippen molar-refractivity contribution < 1.29 is 47.6 Å². The van der Waals surface area contributed by atoms with Crippen LogP contribution in [0.3, 0.4) is 0 Å². The van der Waals surface area contributed by atoms with Crippen molar-refractivity contribution in [1.29, 1.82) is 0 Å². The van der Waals surface area contributed by atoms with E-state index in [1.54, 1.807) is 121 Å². The Kier molecular flexibility index (Phi) is 11.4. The molecule has 0 saturated carbocycles. The molecule has 0 spiro atoms. The molecule has 0 amide bonds. The molecule has 10 nitrogen and oxygen atoms in total. The average Bonchev–Trinajstić information content (AvgIpc) is 3.12. The third kappa shape index (κ3) is 8.66.